The van der Waals surface area contributed by atoms with Gasteiger partial charge in [0.15, 0.2) is 5.96 Å². The summed E-state index contributed by atoms with van der Waals surface area (Å²) >= 11 is 5.73. The molecule has 0 aromatic heterocycles. The van der Waals surface area contributed by atoms with Crippen molar-refractivity contribution in [2.75, 3.05) is 26.8 Å². The van der Waals surface area contributed by atoms with E-state index in [2.05, 4.69) is 15.6 Å². The van der Waals surface area contributed by atoms with Crippen molar-refractivity contribution in [3.8, 4) is 0 Å². The Hall–Kier alpha value is -1.33. The van der Waals surface area contributed by atoms with Crippen molar-refractivity contribution < 1.29 is 9.13 Å². The number of halogens is 2. The Bertz CT molecular complexity index is 440. The van der Waals surface area contributed by atoms with E-state index in [0.29, 0.717) is 12.5 Å². The third-order valence-electron chi connectivity index (χ3n) is 2.63. The van der Waals surface area contributed by atoms with Crippen LogP contribution < -0.4 is 10.6 Å². The highest BCUT2D eigenvalue weighted by Crippen LogP contribution is 2.15. The molecule has 0 atom stereocenters. The predicted octanol–water partition coefficient (Wildman–Crippen LogP) is 2.57. The zero-order valence-corrected chi connectivity index (χ0v) is 12.6. The van der Waals surface area contributed by atoms with Gasteiger partial charge in [-0.1, -0.05) is 17.7 Å². The molecular weight excluding hydrogens is 281 g/mol. The average Bonchev–Trinajstić information content (AvgIpc) is 2.45. The van der Waals surface area contributed by atoms with Crippen molar-refractivity contribution in [3.63, 3.8) is 0 Å². The Morgan fingerprint density at radius 1 is 1.40 bits per heavy atom. The van der Waals surface area contributed by atoms with Gasteiger partial charge in [-0.25, -0.2) is 4.39 Å². The molecule has 0 fully saturated rings. The first-order valence-corrected chi connectivity index (χ1v) is 7.01. The van der Waals surface area contributed by atoms with Crippen LogP contribution >= 0.6 is 11.6 Å². The van der Waals surface area contributed by atoms with Crippen molar-refractivity contribution in [3.05, 3.63) is 34.6 Å². The Morgan fingerprint density at radius 2 is 2.20 bits per heavy atom. The number of hydrogen-bond donors (Lipinski definition) is 2. The number of nitrogens with one attached hydrogen (secondary N) is 2. The summed E-state index contributed by atoms with van der Waals surface area (Å²) in [6.45, 7) is 4.75. The third-order valence-corrected chi connectivity index (χ3v) is 2.92. The smallest absolute Gasteiger partial charge is 0.191 e. The normalized spacial score (nSPS) is 11.5. The summed E-state index contributed by atoms with van der Waals surface area (Å²) in [6.07, 6.45) is 0.914. The minimum absolute atomic E-state index is 0.129. The molecule has 6 heteroatoms. The molecule has 0 heterocycles. The lowest BCUT2D eigenvalue weighted by Gasteiger charge is -2.12. The summed E-state index contributed by atoms with van der Waals surface area (Å²) in [7, 11) is 1.70. The number of ether oxygens (including phenoxy) is 1. The number of aliphatic imine (C=N–C) groups is 1. The molecule has 4 nitrogen and oxygen atoms in total. The van der Waals surface area contributed by atoms with Gasteiger partial charge in [0.1, 0.15) is 5.82 Å². The van der Waals surface area contributed by atoms with Gasteiger partial charge in [0.25, 0.3) is 0 Å². The maximum Gasteiger partial charge on any atom is 0.191 e. The van der Waals surface area contributed by atoms with Crippen LogP contribution in [-0.4, -0.2) is 32.8 Å². The zero-order chi connectivity index (χ0) is 14.8. The van der Waals surface area contributed by atoms with Crippen LogP contribution in [0.4, 0.5) is 4.39 Å². The van der Waals surface area contributed by atoms with E-state index in [1.807, 2.05) is 6.92 Å². The molecule has 0 spiro atoms. The van der Waals surface area contributed by atoms with Crippen LogP contribution in [0.15, 0.2) is 23.2 Å². The molecule has 0 unspecified atom stereocenters. The van der Waals surface area contributed by atoms with E-state index in [4.69, 9.17) is 16.3 Å². The average molecular weight is 302 g/mol. The van der Waals surface area contributed by atoms with E-state index in [1.165, 1.54) is 6.07 Å². The molecule has 2 N–H and O–H groups in total. The summed E-state index contributed by atoms with van der Waals surface area (Å²) in [6, 6.07) is 4.65. The first kappa shape index (κ1) is 16.7. The second kappa shape index (κ2) is 9.55. The van der Waals surface area contributed by atoms with Crippen LogP contribution in [0.25, 0.3) is 0 Å². The Labute approximate surface area is 124 Å². The van der Waals surface area contributed by atoms with Gasteiger partial charge in [-0.15, -0.1) is 0 Å². The largest absolute Gasteiger partial charge is 0.382 e. The molecule has 0 aliphatic rings. The lowest BCUT2D eigenvalue weighted by Crippen LogP contribution is -2.37. The SMILES string of the molecule is CCOCCCNC(=NC)NCc1ccc(F)c(Cl)c1. The summed E-state index contributed by atoms with van der Waals surface area (Å²) in [5.74, 6) is 0.288. The fraction of sp³-hybridized carbons (Fsp3) is 0.500. The maximum absolute atomic E-state index is 13.0. The molecule has 1 aromatic rings. The van der Waals surface area contributed by atoms with Crippen LogP contribution in [0.5, 0.6) is 0 Å². The molecule has 0 aliphatic carbocycles. The van der Waals surface area contributed by atoms with E-state index in [9.17, 15) is 4.39 Å². The summed E-state index contributed by atoms with van der Waals surface area (Å²) < 4.78 is 18.3. The summed E-state index contributed by atoms with van der Waals surface area (Å²) in [5.41, 5.74) is 0.897. The number of nitrogens with zero attached hydrogens (tertiary/aromatic N) is 1. The highest BCUT2D eigenvalue weighted by molar-refractivity contribution is 6.30. The molecular formula is C14H21ClFN3O. The Balaban J connectivity index is 2.32. The van der Waals surface area contributed by atoms with Crippen molar-refractivity contribution in [1.29, 1.82) is 0 Å². The molecule has 0 bridgehead atoms. The van der Waals surface area contributed by atoms with Gasteiger partial charge >= 0.3 is 0 Å². The molecule has 0 aliphatic heterocycles. The number of guanidine groups is 1. The third kappa shape index (κ3) is 6.21. The van der Waals surface area contributed by atoms with Gasteiger partial charge in [0.2, 0.25) is 0 Å². The van der Waals surface area contributed by atoms with Gasteiger partial charge in [0.05, 0.1) is 5.02 Å². The van der Waals surface area contributed by atoms with Gasteiger partial charge in [-0.05, 0) is 31.0 Å². The minimum Gasteiger partial charge on any atom is -0.382 e. The van der Waals surface area contributed by atoms with E-state index in [0.717, 1.165) is 31.7 Å². The van der Waals surface area contributed by atoms with Crippen molar-refractivity contribution in [2.24, 2.45) is 4.99 Å². The van der Waals surface area contributed by atoms with Crippen molar-refractivity contribution in [1.82, 2.24) is 10.6 Å². The first-order chi connectivity index (χ1) is 9.67. The maximum atomic E-state index is 13.0. The van der Waals surface area contributed by atoms with Crippen LogP contribution in [0.3, 0.4) is 0 Å². The number of rotatable bonds is 7. The van der Waals surface area contributed by atoms with Crippen molar-refractivity contribution >= 4 is 17.6 Å². The molecule has 112 valence electrons. The molecule has 0 saturated carbocycles. The van der Waals surface area contributed by atoms with Crippen molar-refractivity contribution in [2.45, 2.75) is 19.9 Å². The molecule has 1 rings (SSSR count). The van der Waals surface area contributed by atoms with E-state index >= 15 is 0 Å². The second-order valence-electron chi connectivity index (χ2n) is 4.15. The highest BCUT2D eigenvalue weighted by atomic mass is 35.5. The Morgan fingerprint density at radius 3 is 2.85 bits per heavy atom. The monoisotopic (exact) mass is 301 g/mol. The molecule has 1 aromatic carbocycles. The quantitative estimate of drug-likeness (QED) is 0.462. The van der Waals surface area contributed by atoms with Gasteiger partial charge in [-0.2, -0.15) is 0 Å². The van der Waals surface area contributed by atoms with Gasteiger partial charge in [0, 0.05) is 33.4 Å². The summed E-state index contributed by atoms with van der Waals surface area (Å²) in [5, 5.41) is 6.45. The van der Waals surface area contributed by atoms with Crippen LogP contribution in [0.2, 0.25) is 5.02 Å². The minimum atomic E-state index is -0.408. The predicted molar refractivity (Wildman–Crippen MR) is 80.7 cm³/mol. The highest BCUT2D eigenvalue weighted by Gasteiger charge is 2.02. The molecule has 0 saturated heterocycles. The number of hydrogen-bond acceptors (Lipinski definition) is 2. The first-order valence-electron chi connectivity index (χ1n) is 6.63. The van der Waals surface area contributed by atoms with Gasteiger partial charge in [-0.3, -0.25) is 4.99 Å². The second-order valence-corrected chi connectivity index (χ2v) is 4.56. The van der Waals surface area contributed by atoms with Crippen LogP contribution in [0.1, 0.15) is 18.9 Å². The Kier molecular flexibility index (Phi) is 7.99. The zero-order valence-electron chi connectivity index (χ0n) is 11.9. The fourth-order valence-corrected chi connectivity index (χ4v) is 1.78. The lowest BCUT2D eigenvalue weighted by molar-refractivity contribution is 0.145. The molecule has 20 heavy (non-hydrogen) atoms. The van der Waals surface area contributed by atoms with E-state index < -0.39 is 5.82 Å². The summed E-state index contributed by atoms with van der Waals surface area (Å²) in [4.78, 5) is 4.11. The molecule has 0 amide bonds. The topological polar surface area (TPSA) is 45.6 Å². The lowest BCUT2D eigenvalue weighted by atomic mass is 10.2. The van der Waals surface area contributed by atoms with E-state index in [1.54, 1.807) is 19.2 Å². The molecule has 0 radical (unpaired) electrons. The van der Waals surface area contributed by atoms with Crippen LogP contribution in [0, 0.1) is 5.82 Å². The van der Waals surface area contributed by atoms with Gasteiger partial charge < -0.3 is 15.4 Å². The van der Waals surface area contributed by atoms with Crippen LogP contribution in [-0.2, 0) is 11.3 Å². The van der Waals surface area contributed by atoms with E-state index in [-0.39, 0.29) is 5.02 Å². The fourth-order valence-electron chi connectivity index (χ4n) is 1.58. The number of benzene rings is 1. The standard InChI is InChI=1S/C14H21ClFN3O/c1-3-20-8-4-7-18-14(17-2)19-10-11-5-6-13(16)12(15)9-11/h5-6,9H,3-4,7-8,10H2,1-2H3,(H2,17,18,19).